The number of halogens is 3. The van der Waals surface area contributed by atoms with Gasteiger partial charge in [-0.05, 0) is 30.0 Å². The topological polar surface area (TPSA) is 75.4 Å². The van der Waals surface area contributed by atoms with Crippen LogP contribution in [0.4, 0.5) is 13.2 Å². The lowest BCUT2D eigenvalue weighted by Crippen LogP contribution is -2.58. The third-order valence-electron chi connectivity index (χ3n) is 4.36. The van der Waals surface area contributed by atoms with Crippen LogP contribution in [-0.2, 0) is 17.9 Å². The van der Waals surface area contributed by atoms with Crippen LogP contribution < -0.4 is 11.1 Å². The number of benzene rings is 1. The van der Waals surface area contributed by atoms with Gasteiger partial charge in [-0.15, -0.1) is 0 Å². The van der Waals surface area contributed by atoms with Crippen molar-refractivity contribution in [1.82, 2.24) is 10.2 Å². The first-order valence-electron chi connectivity index (χ1n) is 7.31. The van der Waals surface area contributed by atoms with Crippen LogP contribution in [-0.4, -0.2) is 35.0 Å². The highest BCUT2D eigenvalue weighted by Crippen LogP contribution is 2.32. The average Bonchev–Trinajstić information content (AvgIpc) is 2.82. The van der Waals surface area contributed by atoms with E-state index in [1.54, 1.807) is 18.2 Å². The zero-order valence-electron chi connectivity index (χ0n) is 12.2. The second-order valence-corrected chi connectivity index (χ2v) is 5.82. The number of amides is 2. The highest BCUT2D eigenvalue weighted by molar-refractivity contribution is 6.01. The summed E-state index contributed by atoms with van der Waals surface area (Å²) in [5.74, 6) is -1.08. The fourth-order valence-corrected chi connectivity index (χ4v) is 3.09. The molecule has 23 heavy (non-hydrogen) atoms. The van der Waals surface area contributed by atoms with Gasteiger partial charge in [0.15, 0.2) is 0 Å². The fraction of sp³-hybridized carbons (Fsp3) is 0.467. The quantitative estimate of drug-likeness (QED) is 0.860. The Hall–Kier alpha value is -2.09. The van der Waals surface area contributed by atoms with Crippen LogP contribution in [0, 0.1) is 0 Å². The smallest absolute Gasteiger partial charge is 0.343 e. The lowest BCUT2D eigenvalue weighted by atomic mass is 9.98. The first kappa shape index (κ1) is 15.8. The molecule has 1 fully saturated rings. The molecular formula is C15H16F3N3O2. The van der Waals surface area contributed by atoms with E-state index < -0.39 is 24.2 Å². The lowest BCUT2D eigenvalue weighted by molar-refractivity contribution is -0.170. The molecule has 124 valence electrons. The van der Waals surface area contributed by atoms with Crippen molar-refractivity contribution in [2.45, 2.75) is 44.2 Å². The van der Waals surface area contributed by atoms with Gasteiger partial charge in [0.25, 0.3) is 5.91 Å². The van der Waals surface area contributed by atoms with Crippen LogP contribution in [0.1, 0.15) is 34.3 Å². The molecule has 2 atom stereocenters. The summed E-state index contributed by atoms with van der Waals surface area (Å²) in [6.07, 6.45) is -4.69. The Balaban J connectivity index is 1.77. The summed E-state index contributed by atoms with van der Waals surface area (Å²) in [6, 6.07) is 2.55. The number of hydrogen-bond acceptors (Lipinski definition) is 3. The maximum atomic E-state index is 12.7. The number of carbonyl (C=O) groups excluding carboxylic acids is 2. The monoisotopic (exact) mass is 327 g/mol. The molecule has 2 aliphatic heterocycles. The molecule has 0 radical (unpaired) electrons. The Morgan fingerprint density at radius 2 is 2.00 bits per heavy atom. The number of carbonyl (C=O) groups is 2. The summed E-state index contributed by atoms with van der Waals surface area (Å²) in [5, 5.41) is 1.98. The van der Waals surface area contributed by atoms with Gasteiger partial charge >= 0.3 is 6.18 Å². The van der Waals surface area contributed by atoms with Crippen molar-refractivity contribution in [3.8, 4) is 0 Å². The molecule has 1 saturated heterocycles. The first-order valence-corrected chi connectivity index (χ1v) is 7.31. The molecular weight excluding hydrogens is 311 g/mol. The van der Waals surface area contributed by atoms with Gasteiger partial charge in [-0.3, -0.25) is 9.59 Å². The molecule has 2 aliphatic rings. The van der Waals surface area contributed by atoms with E-state index in [2.05, 4.69) is 0 Å². The Morgan fingerprint density at radius 3 is 2.61 bits per heavy atom. The minimum absolute atomic E-state index is 0.000511. The van der Waals surface area contributed by atoms with Crippen LogP contribution in [0.5, 0.6) is 0 Å². The highest BCUT2D eigenvalue weighted by Gasteiger charge is 2.47. The summed E-state index contributed by atoms with van der Waals surface area (Å²) in [5.41, 5.74) is 7.58. The zero-order chi connectivity index (χ0) is 16.8. The average molecular weight is 327 g/mol. The van der Waals surface area contributed by atoms with E-state index in [1.807, 2.05) is 5.32 Å². The van der Waals surface area contributed by atoms with E-state index in [1.165, 1.54) is 4.90 Å². The third kappa shape index (κ3) is 2.78. The fourth-order valence-electron chi connectivity index (χ4n) is 3.09. The molecule has 1 aromatic rings. The van der Waals surface area contributed by atoms with Gasteiger partial charge in [-0.2, -0.15) is 13.2 Å². The maximum Gasteiger partial charge on any atom is 0.408 e. The van der Waals surface area contributed by atoms with Gasteiger partial charge in [0.1, 0.15) is 12.1 Å². The second kappa shape index (κ2) is 5.52. The van der Waals surface area contributed by atoms with E-state index in [0.29, 0.717) is 5.56 Å². The number of hydrogen-bond donors (Lipinski definition) is 2. The molecule has 0 spiro atoms. The molecule has 2 amide bonds. The van der Waals surface area contributed by atoms with E-state index in [-0.39, 0.29) is 31.8 Å². The molecule has 1 aromatic carbocycles. The number of nitrogens with one attached hydrogen (secondary N) is 1. The van der Waals surface area contributed by atoms with Crippen molar-refractivity contribution >= 4 is 11.8 Å². The minimum Gasteiger partial charge on any atom is -0.343 e. The molecule has 2 heterocycles. The van der Waals surface area contributed by atoms with E-state index in [4.69, 9.17) is 5.73 Å². The molecule has 0 saturated carbocycles. The van der Waals surface area contributed by atoms with Gasteiger partial charge in [-0.1, -0.05) is 12.1 Å². The summed E-state index contributed by atoms with van der Waals surface area (Å²) >= 11 is 0. The number of nitrogens with zero attached hydrogens (tertiary/aromatic N) is 1. The van der Waals surface area contributed by atoms with Crippen molar-refractivity contribution in [2.24, 2.45) is 5.73 Å². The predicted molar refractivity (Wildman–Crippen MR) is 75.2 cm³/mol. The molecule has 5 nitrogen and oxygen atoms in total. The van der Waals surface area contributed by atoms with Gasteiger partial charge in [0.2, 0.25) is 5.91 Å². The van der Waals surface area contributed by atoms with Crippen LogP contribution in [0.25, 0.3) is 0 Å². The number of piperidine rings is 1. The van der Waals surface area contributed by atoms with Gasteiger partial charge in [0.05, 0.1) is 0 Å². The van der Waals surface area contributed by atoms with Crippen molar-refractivity contribution in [1.29, 1.82) is 0 Å². The molecule has 0 aliphatic carbocycles. The van der Waals surface area contributed by atoms with Gasteiger partial charge in [-0.25, -0.2) is 0 Å². The molecule has 3 rings (SSSR count). The van der Waals surface area contributed by atoms with Crippen LogP contribution >= 0.6 is 0 Å². The summed E-state index contributed by atoms with van der Waals surface area (Å²) in [7, 11) is 0. The number of fused-ring (bicyclic) bond motifs is 1. The number of alkyl halides is 3. The van der Waals surface area contributed by atoms with Gasteiger partial charge in [0, 0.05) is 18.7 Å². The van der Waals surface area contributed by atoms with Crippen LogP contribution in [0.15, 0.2) is 18.2 Å². The number of nitrogens with two attached hydrogens (primary N) is 1. The Bertz CT molecular complexity index is 660. The predicted octanol–water partition coefficient (Wildman–Crippen LogP) is 1.31. The Labute approximate surface area is 130 Å². The normalized spacial score (nSPS) is 24.6. The van der Waals surface area contributed by atoms with E-state index in [9.17, 15) is 22.8 Å². The van der Waals surface area contributed by atoms with Crippen molar-refractivity contribution in [3.05, 3.63) is 34.9 Å². The van der Waals surface area contributed by atoms with Gasteiger partial charge < -0.3 is 16.0 Å². The Kier molecular flexibility index (Phi) is 3.79. The summed E-state index contributed by atoms with van der Waals surface area (Å²) in [6.45, 7) is 0.519. The number of rotatable bonds is 2. The first-order chi connectivity index (χ1) is 10.8. The molecule has 0 aromatic heterocycles. The largest absolute Gasteiger partial charge is 0.408 e. The Morgan fingerprint density at radius 1 is 1.26 bits per heavy atom. The molecule has 3 N–H and O–H groups in total. The molecule has 8 heteroatoms. The second-order valence-electron chi connectivity index (χ2n) is 5.82. The standard InChI is InChI=1S/C15H16F3N3O2/c16-15(17,18)12-4-3-11(13(22)20-12)21-7-9-2-1-8(6-19)5-10(9)14(21)23/h1-2,5,11-12H,3-4,6-7,19H2,(H,20,22). The summed E-state index contributed by atoms with van der Waals surface area (Å²) in [4.78, 5) is 25.8. The molecule has 2 unspecified atom stereocenters. The van der Waals surface area contributed by atoms with Crippen LogP contribution in [0.3, 0.4) is 0 Å². The minimum atomic E-state index is -4.46. The lowest BCUT2D eigenvalue weighted by Gasteiger charge is -2.34. The SMILES string of the molecule is NCc1ccc2c(c1)C(=O)N(C1CCC(C(F)(F)F)NC1=O)C2. The van der Waals surface area contributed by atoms with Crippen molar-refractivity contribution in [3.63, 3.8) is 0 Å². The zero-order valence-corrected chi connectivity index (χ0v) is 12.2. The van der Waals surface area contributed by atoms with Crippen molar-refractivity contribution in [2.75, 3.05) is 0 Å². The highest BCUT2D eigenvalue weighted by atomic mass is 19.4. The maximum absolute atomic E-state index is 12.7. The van der Waals surface area contributed by atoms with Crippen LogP contribution in [0.2, 0.25) is 0 Å². The van der Waals surface area contributed by atoms with E-state index >= 15 is 0 Å². The van der Waals surface area contributed by atoms with E-state index in [0.717, 1.165) is 11.1 Å². The molecule has 0 bridgehead atoms. The summed E-state index contributed by atoms with van der Waals surface area (Å²) < 4.78 is 38.1. The van der Waals surface area contributed by atoms with Crippen molar-refractivity contribution < 1.29 is 22.8 Å². The third-order valence-corrected chi connectivity index (χ3v) is 4.36.